The molecular formula is C12H13BrN2O3. The Bertz CT molecular complexity index is 492. The molecule has 2 heterocycles. The Kier molecular flexibility index (Phi) is 3.65. The minimum Gasteiger partial charge on any atom is -0.481 e. The number of carboxylic acids is 1. The second kappa shape index (κ2) is 5.06. The molecule has 1 aromatic rings. The van der Waals surface area contributed by atoms with Gasteiger partial charge >= 0.3 is 5.97 Å². The molecule has 1 aliphatic heterocycles. The van der Waals surface area contributed by atoms with Crippen LogP contribution in [0, 0.1) is 5.92 Å². The van der Waals surface area contributed by atoms with Crippen LogP contribution in [0.5, 0.6) is 0 Å². The number of carbonyl (C=O) groups excluding carboxylic acids is 1. The summed E-state index contributed by atoms with van der Waals surface area (Å²) in [4.78, 5) is 28.7. The van der Waals surface area contributed by atoms with Gasteiger partial charge in [-0.15, -0.1) is 0 Å². The van der Waals surface area contributed by atoms with Crippen LogP contribution in [-0.2, 0) is 9.59 Å². The van der Waals surface area contributed by atoms with Gasteiger partial charge in [0.05, 0.1) is 12.0 Å². The van der Waals surface area contributed by atoms with Crippen LogP contribution in [0.15, 0.2) is 22.9 Å². The van der Waals surface area contributed by atoms with Crippen molar-refractivity contribution in [3.8, 4) is 0 Å². The molecule has 0 radical (unpaired) electrons. The van der Waals surface area contributed by atoms with Gasteiger partial charge in [-0.25, -0.2) is 0 Å². The van der Waals surface area contributed by atoms with Crippen molar-refractivity contribution >= 4 is 27.8 Å². The summed E-state index contributed by atoms with van der Waals surface area (Å²) in [5, 5.41) is 9.23. The number of rotatable bonds is 3. The quantitative estimate of drug-likeness (QED) is 0.924. The summed E-state index contributed by atoms with van der Waals surface area (Å²) >= 11 is 3.31. The van der Waals surface area contributed by atoms with Crippen molar-refractivity contribution in [2.75, 3.05) is 6.54 Å². The van der Waals surface area contributed by atoms with Crippen LogP contribution in [0.4, 0.5) is 0 Å². The van der Waals surface area contributed by atoms with E-state index in [1.807, 2.05) is 13.0 Å². The number of carbonyl (C=O) groups is 2. The Morgan fingerprint density at radius 3 is 2.89 bits per heavy atom. The van der Waals surface area contributed by atoms with Gasteiger partial charge in [0.15, 0.2) is 0 Å². The molecule has 6 heteroatoms. The summed E-state index contributed by atoms with van der Waals surface area (Å²) < 4.78 is 0.777. The lowest BCUT2D eigenvalue weighted by Crippen LogP contribution is -2.30. The van der Waals surface area contributed by atoms with Gasteiger partial charge < -0.3 is 10.0 Å². The van der Waals surface area contributed by atoms with E-state index in [2.05, 4.69) is 20.9 Å². The highest BCUT2D eigenvalue weighted by atomic mass is 79.9. The van der Waals surface area contributed by atoms with Crippen LogP contribution in [0.25, 0.3) is 0 Å². The number of halogens is 1. The molecular weight excluding hydrogens is 300 g/mol. The lowest BCUT2D eigenvalue weighted by Gasteiger charge is -2.25. The molecule has 1 amide bonds. The summed E-state index contributed by atoms with van der Waals surface area (Å²) in [6.07, 6.45) is 3.30. The van der Waals surface area contributed by atoms with E-state index in [1.54, 1.807) is 17.3 Å². The van der Waals surface area contributed by atoms with Gasteiger partial charge in [0, 0.05) is 29.8 Å². The molecule has 1 N–H and O–H groups in total. The topological polar surface area (TPSA) is 70.5 Å². The molecule has 0 aromatic carbocycles. The van der Waals surface area contributed by atoms with E-state index in [0.29, 0.717) is 6.54 Å². The zero-order valence-corrected chi connectivity index (χ0v) is 11.4. The maximum Gasteiger partial charge on any atom is 0.309 e. The molecule has 0 bridgehead atoms. The van der Waals surface area contributed by atoms with Crippen molar-refractivity contribution in [1.29, 1.82) is 0 Å². The zero-order chi connectivity index (χ0) is 13.3. The zero-order valence-electron chi connectivity index (χ0n) is 9.84. The monoisotopic (exact) mass is 312 g/mol. The standard InChI is InChI=1S/C12H13BrN2O3/c1-2-15-10(16)4-9(12(17)18)11(15)7-3-8(13)6-14-5-7/h3,5-6,9,11H,2,4H2,1H3,(H,17,18). The minimum atomic E-state index is -0.940. The number of hydrogen-bond donors (Lipinski definition) is 1. The lowest BCUT2D eigenvalue weighted by atomic mass is 9.95. The fourth-order valence-corrected chi connectivity index (χ4v) is 2.77. The molecule has 96 valence electrons. The van der Waals surface area contributed by atoms with E-state index < -0.39 is 17.9 Å². The number of aliphatic carboxylic acids is 1. The number of aromatic nitrogens is 1. The second-order valence-electron chi connectivity index (χ2n) is 4.21. The fourth-order valence-electron chi connectivity index (χ4n) is 2.39. The second-order valence-corrected chi connectivity index (χ2v) is 5.13. The van der Waals surface area contributed by atoms with Crippen molar-refractivity contribution in [3.63, 3.8) is 0 Å². The van der Waals surface area contributed by atoms with Crippen LogP contribution < -0.4 is 0 Å². The summed E-state index contributed by atoms with van der Waals surface area (Å²) in [6, 6.07) is 1.39. The van der Waals surface area contributed by atoms with Gasteiger partial charge in [-0.05, 0) is 34.5 Å². The number of likely N-dealkylation sites (tertiary alicyclic amines) is 1. The summed E-state index contributed by atoms with van der Waals surface area (Å²) in [5.41, 5.74) is 0.754. The van der Waals surface area contributed by atoms with Crippen molar-refractivity contribution in [2.24, 2.45) is 5.92 Å². The summed E-state index contributed by atoms with van der Waals surface area (Å²) in [6.45, 7) is 2.35. The minimum absolute atomic E-state index is 0.0559. The lowest BCUT2D eigenvalue weighted by molar-refractivity contribution is -0.142. The van der Waals surface area contributed by atoms with Crippen LogP contribution >= 0.6 is 15.9 Å². The SMILES string of the molecule is CCN1C(=O)CC(C(=O)O)C1c1cncc(Br)c1. The van der Waals surface area contributed by atoms with Gasteiger partial charge in [-0.1, -0.05) is 0 Å². The van der Waals surface area contributed by atoms with E-state index in [0.717, 1.165) is 10.0 Å². The largest absolute Gasteiger partial charge is 0.481 e. The number of pyridine rings is 1. The highest BCUT2D eigenvalue weighted by molar-refractivity contribution is 9.10. The summed E-state index contributed by atoms with van der Waals surface area (Å²) in [7, 11) is 0. The van der Waals surface area contributed by atoms with E-state index >= 15 is 0 Å². The van der Waals surface area contributed by atoms with Crippen molar-refractivity contribution < 1.29 is 14.7 Å². The molecule has 0 spiro atoms. The Morgan fingerprint density at radius 1 is 1.61 bits per heavy atom. The highest BCUT2D eigenvalue weighted by Gasteiger charge is 2.44. The Hall–Kier alpha value is -1.43. The van der Waals surface area contributed by atoms with Crippen molar-refractivity contribution in [1.82, 2.24) is 9.88 Å². The van der Waals surface area contributed by atoms with Gasteiger partial charge in [0.2, 0.25) is 5.91 Å². The summed E-state index contributed by atoms with van der Waals surface area (Å²) in [5.74, 6) is -1.76. The molecule has 1 saturated heterocycles. The van der Waals surface area contributed by atoms with Crippen LogP contribution in [0.1, 0.15) is 24.9 Å². The van der Waals surface area contributed by atoms with Crippen molar-refractivity contribution in [3.05, 3.63) is 28.5 Å². The van der Waals surface area contributed by atoms with E-state index in [4.69, 9.17) is 0 Å². The fraction of sp³-hybridized carbons (Fsp3) is 0.417. The number of carboxylic acid groups (broad SMARTS) is 1. The molecule has 2 unspecified atom stereocenters. The smallest absolute Gasteiger partial charge is 0.309 e. The molecule has 5 nitrogen and oxygen atoms in total. The predicted octanol–water partition coefficient (Wildman–Crippen LogP) is 1.84. The van der Waals surface area contributed by atoms with E-state index in [1.165, 1.54) is 0 Å². The third-order valence-electron chi connectivity index (χ3n) is 3.16. The molecule has 0 aliphatic carbocycles. The average molecular weight is 313 g/mol. The first-order chi connectivity index (χ1) is 8.54. The van der Waals surface area contributed by atoms with Gasteiger partial charge in [-0.3, -0.25) is 14.6 Å². The molecule has 18 heavy (non-hydrogen) atoms. The molecule has 2 rings (SSSR count). The molecule has 2 atom stereocenters. The van der Waals surface area contributed by atoms with Crippen LogP contribution in [-0.4, -0.2) is 33.4 Å². The van der Waals surface area contributed by atoms with Gasteiger partial charge in [0.25, 0.3) is 0 Å². The molecule has 1 fully saturated rings. The van der Waals surface area contributed by atoms with E-state index in [9.17, 15) is 14.7 Å². The molecule has 1 aliphatic rings. The average Bonchev–Trinajstić information content (AvgIpc) is 2.66. The van der Waals surface area contributed by atoms with Gasteiger partial charge in [-0.2, -0.15) is 0 Å². The predicted molar refractivity (Wildman–Crippen MR) is 67.8 cm³/mol. The first-order valence-electron chi connectivity index (χ1n) is 5.67. The maximum absolute atomic E-state index is 11.8. The first-order valence-corrected chi connectivity index (χ1v) is 6.46. The third kappa shape index (κ3) is 2.25. The number of nitrogens with zero attached hydrogens (tertiary/aromatic N) is 2. The first kappa shape index (κ1) is 13.0. The Balaban J connectivity index is 2.42. The number of amides is 1. The third-order valence-corrected chi connectivity index (χ3v) is 3.59. The van der Waals surface area contributed by atoms with Crippen LogP contribution in [0.3, 0.4) is 0 Å². The highest BCUT2D eigenvalue weighted by Crippen LogP contribution is 2.38. The van der Waals surface area contributed by atoms with E-state index in [-0.39, 0.29) is 12.3 Å². The van der Waals surface area contributed by atoms with Gasteiger partial charge in [0.1, 0.15) is 0 Å². The molecule has 1 aromatic heterocycles. The van der Waals surface area contributed by atoms with Crippen LogP contribution in [0.2, 0.25) is 0 Å². The molecule has 0 saturated carbocycles. The maximum atomic E-state index is 11.8. The normalized spacial score (nSPS) is 23.4. The Morgan fingerprint density at radius 2 is 2.33 bits per heavy atom. The van der Waals surface area contributed by atoms with Crippen molar-refractivity contribution in [2.45, 2.75) is 19.4 Å². The Labute approximate surface area is 113 Å². The number of hydrogen-bond acceptors (Lipinski definition) is 3.